The minimum Gasteiger partial charge on any atom is -0.496 e. The minimum atomic E-state index is -0.755. The molecule has 1 aromatic heterocycles. The first-order chi connectivity index (χ1) is 16.8. The molecule has 9 heteroatoms. The highest BCUT2D eigenvalue weighted by Gasteiger charge is 2.34. The summed E-state index contributed by atoms with van der Waals surface area (Å²) in [5.41, 5.74) is 1.90. The van der Waals surface area contributed by atoms with Gasteiger partial charge in [0.15, 0.2) is 4.80 Å². The van der Waals surface area contributed by atoms with Crippen LogP contribution in [0.1, 0.15) is 37.9 Å². The third kappa shape index (κ3) is 4.81. The highest BCUT2D eigenvalue weighted by Crippen LogP contribution is 2.35. The third-order valence-electron chi connectivity index (χ3n) is 5.39. The van der Waals surface area contributed by atoms with Gasteiger partial charge in [-0.25, -0.2) is 9.79 Å². The Morgan fingerprint density at radius 3 is 2.51 bits per heavy atom. The molecule has 4 rings (SSSR count). The summed E-state index contributed by atoms with van der Waals surface area (Å²) in [6.45, 7) is 4.99. The van der Waals surface area contributed by atoms with Gasteiger partial charge in [0.05, 0.1) is 29.5 Å². The molecule has 0 bridgehead atoms. The van der Waals surface area contributed by atoms with Gasteiger partial charge in [0.25, 0.3) is 5.56 Å². The summed E-state index contributed by atoms with van der Waals surface area (Å²) in [7, 11) is 1.54. The number of para-hydroxylation sites is 1. The van der Waals surface area contributed by atoms with E-state index in [9.17, 15) is 14.4 Å². The van der Waals surface area contributed by atoms with Crippen molar-refractivity contribution in [2.24, 2.45) is 4.99 Å². The number of thiazole rings is 1. The van der Waals surface area contributed by atoms with Crippen molar-refractivity contribution in [1.29, 1.82) is 0 Å². The topological polar surface area (TPSA) is 96.2 Å². The lowest BCUT2D eigenvalue weighted by atomic mass is 9.95. The Hall–Kier alpha value is -3.98. The molecule has 0 unspecified atom stereocenters. The summed E-state index contributed by atoms with van der Waals surface area (Å²) < 4.78 is 17.9. The molecular weight excluding hydrogens is 468 g/mol. The van der Waals surface area contributed by atoms with Crippen LogP contribution in [0.15, 0.2) is 69.6 Å². The number of hydrogen-bond donors (Lipinski definition) is 0. The number of rotatable bonds is 6. The molecule has 1 atom stereocenters. The second-order valence-electron chi connectivity index (χ2n) is 7.71. The van der Waals surface area contributed by atoms with Gasteiger partial charge in [-0.3, -0.25) is 14.2 Å². The van der Waals surface area contributed by atoms with Gasteiger partial charge in [-0.1, -0.05) is 41.7 Å². The number of methoxy groups -OCH3 is 1. The summed E-state index contributed by atoms with van der Waals surface area (Å²) in [6.07, 6.45) is 1.74. The van der Waals surface area contributed by atoms with Gasteiger partial charge < -0.3 is 14.2 Å². The molecule has 0 N–H and O–H groups in total. The van der Waals surface area contributed by atoms with Gasteiger partial charge >= 0.3 is 11.9 Å². The molecule has 35 heavy (non-hydrogen) atoms. The highest BCUT2D eigenvalue weighted by atomic mass is 32.1. The largest absolute Gasteiger partial charge is 0.496 e. The third-order valence-corrected chi connectivity index (χ3v) is 6.37. The Bertz CT molecular complexity index is 1500. The van der Waals surface area contributed by atoms with Crippen molar-refractivity contribution >= 4 is 29.4 Å². The molecule has 0 saturated carbocycles. The lowest BCUT2D eigenvalue weighted by Gasteiger charge is -2.25. The number of fused-ring (bicyclic) bond motifs is 1. The second-order valence-corrected chi connectivity index (χ2v) is 8.72. The molecule has 0 spiro atoms. The van der Waals surface area contributed by atoms with Crippen LogP contribution in [0.25, 0.3) is 6.08 Å². The van der Waals surface area contributed by atoms with Crippen molar-refractivity contribution < 1.29 is 23.8 Å². The number of benzene rings is 2. The molecule has 1 aliphatic rings. The highest BCUT2D eigenvalue weighted by molar-refractivity contribution is 7.07. The van der Waals surface area contributed by atoms with E-state index in [1.807, 2.05) is 18.2 Å². The Morgan fingerprint density at radius 1 is 1.14 bits per heavy atom. The van der Waals surface area contributed by atoms with Crippen LogP contribution in [-0.4, -0.2) is 30.2 Å². The molecular formula is C26H24N2O6S. The Morgan fingerprint density at radius 2 is 1.86 bits per heavy atom. The average Bonchev–Trinajstić information content (AvgIpc) is 3.13. The van der Waals surface area contributed by atoms with Crippen LogP contribution in [0.5, 0.6) is 11.5 Å². The van der Waals surface area contributed by atoms with E-state index in [2.05, 4.69) is 4.99 Å². The summed E-state index contributed by atoms with van der Waals surface area (Å²) in [5.74, 6) is 0.0294. The summed E-state index contributed by atoms with van der Waals surface area (Å²) >= 11 is 1.23. The van der Waals surface area contributed by atoms with Crippen molar-refractivity contribution in [1.82, 2.24) is 4.57 Å². The maximum Gasteiger partial charge on any atom is 0.338 e. The lowest BCUT2D eigenvalue weighted by molar-refractivity contribution is -0.139. The standard InChI is InChI=1S/C26H24N2O6S/c1-5-33-25(31)22-15(2)27-26-28(23(22)19-8-6-7-9-20(19)32-4)24(30)21(35-26)14-17-10-12-18(13-11-17)34-16(3)29/h6-14,23H,5H2,1-4H3/b21-14+/t23-/m0/s1. The van der Waals surface area contributed by atoms with Gasteiger partial charge in [0.1, 0.15) is 17.5 Å². The molecule has 0 aliphatic carbocycles. The molecule has 2 heterocycles. The van der Waals surface area contributed by atoms with Crippen LogP contribution in [0.2, 0.25) is 0 Å². The van der Waals surface area contributed by atoms with Gasteiger partial charge in [-0.15, -0.1) is 0 Å². The molecule has 0 amide bonds. The zero-order valence-electron chi connectivity index (χ0n) is 19.7. The van der Waals surface area contributed by atoms with E-state index in [1.165, 1.54) is 22.8 Å². The Balaban J connectivity index is 1.89. The quantitative estimate of drug-likeness (QED) is 0.388. The van der Waals surface area contributed by atoms with Gasteiger partial charge in [-0.05, 0) is 43.7 Å². The number of esters is 2. The molecule has 3 aromatic rings. The van der Waals surface area contributed by atoms with Crippen LogP contribution < -0.4 is 24.4 Å². The Kier molecular flexibility index (Phi) is 6.97. The predicted molar refractivity (Wildman–Crippen MR) is 131 cm³/mol. The summed E-state index contributed by atoms with van der Waals surface area (Å²) in [6, 6.07) is 13.3. The van der Waals surface area contributed by atoms with Crippen molar-refractivity contribution in [2.45, 2.75) is 26.8 Å². The maximum atomic E-state index is 13.6. The van der Waals surface area contributed by atoms with Crippen molar-refractivity contribution in [3.63, 3.8) is 0 Å². The van der Waals surface area contributed by atoms with Crippen LogP contribution in [0.3, 0.4) is 0 Å². The maximum absolute atomic E-state index is 13.6. The van der Waals surface area contributed by atoms with E-state index in [4.69, 9.17) is 14.2 Å². The van der Waals surface area contributed by atoms with Crippen molar-refractivity contribution in [3.05, 3.63) is 90.6 Å². The van der Waals surface area contributed by atoms with Crippen LogP contribution in [-0.2, 0) is 14.3 Å². The van der Waals surface area contributed by atoms with Gasteiger partial charge in [-0.2, -0.15) is 0 Å². The number of ether oxygens (including phenoxy) is 3. The minimum absolute atomic E-state index is 0.196. The fraction of sp³-hybridized carbons (Fsp3) is 0.231. The van der Waals surface area contributed by atoms with E-state index >= 15 is 0 Å². The fourth-order valence-electron chi connectivity index (χ4n) is 3.93. The smallest absolute Gasteiger partial charge is 0.338 e. The number of nitrogens with zero attached hydrogens (tertiary/aromatic N) is 2. The van der Waals surface area contributed by atoms with Gasteiger partial charge in [0, 0.05) is 12.5 Å². The first-order valence-electron chi connectivity index (χ1n) is 10.9. The SMILES string of the molecule is CCOC(=O)C1=C(C)N=c2s/c(=C/c3ccc(OC(C)=O)cc3)c(=O)n2[C@H]1c1ccccc1OC. The van der Waals surface area contributed by atoms with E-state index in [0.29, 0.717) is 37.7 Å². The first-order valence-corrected chi connectivity index (χ1v) is 11.8. The number of hydrogen-bond acceptors (Lipinski definition) is 8. The molecule has 180 valence electrons. The molecule has 0 radical (unpaired) electrons. The van der Waals surface area contributed by atoms with Crippen molar-refractivity contribution in [3.8, 4) is 11.5 Å². The molecule has 8 nitrogen and oxygen atoms in total. The van der Waals surface area contributed by atoms with Crippen LogP contribution in [0.4, 0.5) is 0 Å². The average molecular weight is 493 g/mol. The van der Waals surface area contributed by atoms with Crippen LogP contribution >= 0.6 is 11.3 Å². The fourth-order valence-corrected chi connectivity index (χ4v) is 4.97. The predicted octanol–water partition coefficient (Wildman–Crippen LogP) is 2.73. The zero-order valence-corrected chi connectivity index (χ0v) is 20.5. The van der Waals surface area contributed by atoms with E-state index < -0.39 is 18.0 Å². The van der Waals surface area contributed by atoms with E-state index in [1.54, 1.807) is 57.4 Å². The second kappa shape index (κ2) is 10.1. The number of allylic oxidation sites excluding steroid dienone is 1. The normalized spacial score (nSPS) is 15.3. The number of carbonyl (C=O) groups excluding carboxylic acids is 2. The van der Waals surface area contributed by atoms with E-state index in [-0.39, 0.29) is 12.2 Å². The van der Waals surface area contributed by atoms with Gasteiger partial charge in [0.2, 0.25) is 0 Å². The van der Waals surface area contributed by atoms with E-state index in [0.717, 1.165) is 5.56 Å². The summed E-state index contributed by atoms with van der Waals surface area (Å²) in [4.78, 5) is 42.8. The number of aromatic nitrogens is 1. The Labute approximate surface area is 205 Å². The van der Waals surface area contributed by atoms with Crippen molar-refractivity contribution in [2.75, 3.05) is 13.7 Å². The zero-order chi connectivity index (χ0) is 25.1. The molecule has 2 aromatic carbocycles. The lowest BCUT2D eigenvalue weighted by Crippen LogP contribution is -2.40. The molecule has 0 fully saturated rings. The molecule has 1 aliphatic heterocycles. The first kappa shape index (κ1) is 24.2. The monoisotopic (exact) mass is 492 g/mol. The molecule has 0 saturated heterocycles. The van der Waals surface area contributed by atoms with Crippen LogP contribution in [0, 0.1) is 0 Å². The number of carbonyl (C=O) groups is 2. The summed E-state index contributed by atoms with van der Waals surface area (Å²) in [5, 5.41) is 0.